The van der Waals surface area contributed by atoms with Crippen molar-refractivity contribution in [2.24, 2.45) is 17.6 Å². The molecular formula is C15H19Cl4NO2. The van der Waals surface area contributed by atoms with Gasteiger partial charge in [-0.3, -0.25) is 4.79 Å². The van der Waals surface area contributed by atoms with Gasteiger partial charge in [-0.1, -0.05) is 59.7 Å². The average molecular weight is 387 g/mol. The van der Waals surface area contributed by atoms with Gasteiger partial charge in [0.2, 0.25) is 0 Å². The fourth-order valence-corrected chi connectivity index (χ4v) is 3.41. The van der Waals surface area contributed by atoms with Crippen molar-refractivity contribution in [3.05, 3.63) is 31.7 Å². The van der Waals surface area contributed by atoms with Crippen molar-refractivity contribution in [3.63, 3.8) is 0 Å². The molecule has 0 aliphatic rings. The maximum absolute atomic E-state index is 11.0. The summed E-state index contributed by atoms with van der Waals surface area (Å²) in [5.74, 6) is -1.10. The Morgan fingerprint density at radius 1 is 1.23 bits per heavy atom. The molecule has 0 aliphatic carbocycles. The van der Waals surface area contributed by atoms with Crippen LogP contribution in [0.25, 0.3) is 0 Å². The van der Waals surface area contributed by atoms with Gasteiger partial charge < -0.3 is 10.8 Å². The number of hydrogen-bond donors (Lipinski definition) is 2. The second-order valence-corrected chi connectivity index (χ2v) is 7.02. The van der Waals surface area contributed by atoms with Gasteiger partial charge in [0.05, 0.1) is 26.0 Å². The highest BCUT2D eigenvalue weighted by Gasteiger charge is 2.19. The number of rotatable bonds is 8. The predicted molar refractivity (Wildman–Crippen MR) is 93.4 cm³/mol. The van der Waals surface area contributed by atoms with Gasteiger partial charge >= 0.3 is 5.97 Å². The molecule has 0 fully saturated rings. The topological polar surface area (TPSA) is 63.3 Å². The summed E-state index contributed by atoms with van der Waals surface area (Å²) in [5.41, 5.74) is 6.21. The van der Waals surface area contributed by atoms with Crippen molar-refractivity contribution in [3.8, 4) is 0 Å². The summed E-state index contributed by atoms with van der Waals surface area (Å²) in [4.78, 5) is 11.0. The minimum absolute atomic E-state index is 0.154. The summed E-state index contributed by atoms with van der Waals surface area (Å²) in [6, 6.07) is 1.53. The van der Waals surface area contributed by atoms with Gasteiger partial charge in [0.15, 0.2) is 0 Å². The standard InChI is InChI=1S/C15H19Cl4NO2/c1-8(5-9(7-20)15(21)22)3-2-4-10-13(18)11(16)6-12(17)14(10)19/h6,8-9H,2-5,7,20H2,1H3,(H,21,22). The van der Waals surface area contributed by atoms with Gasteiger partial charge in [-0.2, -0.15) is 0 Å². The summed E-state index contributed by atoms with van der Waals surface area (Å²) in [6.07, 6.45) is 2.86. The lowest BCUT2D eigenvalue weighted by molar-refractivity contribution is -0.141. The lowest BCUT2D eigenvalue weighted by atomic mass is 9.91. The molecule has 3 N–H and O–H groups in total. The van der Waals surface area contributed by atoms with Crippen molar-refractivity contribution in [2.45, 2.75) is 32.6 Å². The smallest absolute Gasteiger partial charge is 0.307 e. The van der Waals surface area contributed by atoms with E-state index in [-0.39, 0.29) is 12.5 Å². The third-order valence-corrected chi connectivity index (χ3v) is 5.30. The lowest BCUT2D eigenvalue weighted by Crippen LogP contribution is -2.25. The molecular weight excluding hydrogens is 368 g/mol. The molecule has 0 heterocycles. The van der Waals surface area contributed by atoms with Crippen molar-refractivity contribution in [1.29, 1.82) is 0 Å². The van der Waals surface area contributed by atoms with E-state index in [1.807, 2.05) is 6.92 Å². The molecule has 0 saturated heterocycles. The number of carboxylic acid groups (broad SMARTS) is 1. The summed E-state index contributed by atoms with van der Waals surface area (Å²) in [5, 5.41) is 10.6. The first kappa shape index (κ1) is 19.9. The molecule has 1 rings (SSSR count). The molecule has 0 radical (unpaired) electrons. The van der Waals surface area contributed by atoms with Gasteiger partial charge in [0.25, 0.3) is 0 Å². The van der Waals surface area contributed by atoms with Crippen LogP contribution in [0.3, 0.4) is 0 Å². The first-order chi connectivity index (χ1) is 10.3. The van der Waals surface area contributed by atoms with E-state index in [0.717, 1.165) is 18.4 Å². The van der Waals surface area contributed by atoms with Crippen LogP contribution in [-0.2, 0) is 11.2 Å². The fraction of sp³-hybridized carbons (Fsp3) is 0.533. The SMILES string of the molecule is CC(CCCc1c(Cl)c(Cl)cc(Cl)c1Cl)CC(CN)C(=O)O. The monoisotopic (exact) mass is 385 g/mol. The van der Waals surface area contributed by atoms with Gasteiger partial charge in [-0.05, 0) is 36.8 Å². The summed E-state index contributed by atoms with van der Waals surface area (Å²) >= 11 is 24.3. The zero-order valence-corrected chi connectivity index (χ0v) is 15.2. The van der Waals surface area contributed by atoms with E-state index < -0.39 is 11.9 Å². The number of carbonyl (C=O) groups is 1. The Morgan fingerprint density at radius 2 is 1.77 bits per heavy atom. The third kappa shape index (κ3) is 5.47. The van der Waals surface area contributed by atoms with Crippen molar-refractivity contribution >= 4 is 52.4 Å². The summed E-state index contributed by atoms with van der Waals surface area (Å²) in [7, 11) is 0. The highest BCUT2D eigenvalue weighted by molar-refractivity contribution is 6.48. The van der Waals surface area contributed by atoms with E-state index in [0.29, 0.717) is 32.9 Å². The van der Waals surface area contributed by atoms with Crippen LogP contribution in [0, 0.1) is 11.8 Å². The Labute approximate surface area is 150 Å². The molecule has 0 aliphatic heterocycles. The Kier molecular flexibility index (Phi) is 8.29. The van der Waals surface area contributed by atoms with E-state index >= 15 is 0 Å². The van der Waals surface area contributed by atoms with E-state index in [1.54, 1.807) is 0 Å². The molecule has 2 unspecified atom stereocenters. The van der Waals surface area contributed by atoms with Crippen LogP contribution >= 0.6 is 46.4 Å². The second-order valence-electron chi connectivity index (χ2n) is 5.45. The van der Waals surface area contributed by atoms with E-state index in [4.69, 9.17) is 57.2 Å². The van der Waals surface area contributed by atoms with Crippen molar-refractivity contribution in [1.82, 2.24) is 0 Å². The number of aliphatic carboxylic acids is 1. The van der Waals surface area contributed by atoms with Gasteiger partial charge in [-0.15, -0.1) is 0 Å². The van der Waals surface area contributed by atoms with Crippen LogP contribution in [0.15, 0.2) is 6.07 Å². The molecule has 0 saturated carbocycles. The zero-order valence-electron chi connectivity index (χ0n) is 12.2. The van der Waals surface area contributed by atoms with Gasteiger partial charge in [0.1, 0.15) is 0 Å². The van der Waals surface area contributed by atoms with Crippen LogP contribution < -0.4 is 5.73 Å². The highest BCUT2D eigenvalue weighted by Crippen LogP contribution is 2.38. The first-order valence-electron chi connectivity index (χ1n) is 7.02. The minimum atomic E-state index is -0.845. The molecule has 1 aromatic rings. The molecule has 22 heavy (non-hydrogen) atoms. The van der Waals surface area contributed by atoms with E-state index in [2.05, 4.69) is 0 Å². The number of benzene rings is 1. The van der Waals surface area contributed by atoms with Crippen LogP contribution in [-0.4, -0.2) is 17.6 Å². The predicted octanol–water partition coefficient (Wildman–Crippen LogP) is 5.31. The number of carboxylic acids is 1. The van der Waals surface area contributed by atoms with E-state index in [9.17, 15) is 4.79 Å². The largest absolute Gasteiger partial charge is 0.481 e. The van der Waals surface area contributed by atoms with Gasteiger partial charge in [-0.25, -0.2) is 0 Å². The second kappa shape index (κ2) is 9.19. The molecule has 0 aromatic heterocycles. The van der Waals surface area contributed by atoms with Crippen LogP contribution in [0.4, 0.5) is 0 Å². The number of nitrogens with two attached hydrogens (primary N) is 1. The fourth-order valence-electron chi connectivity index (χ4n) is 2.37. The van der Waals surface area contributed by atoms with Crippen LogP contribution in [0.1, 0.15) is 31.7 Å². The Morgan fingerprint density at radius 3 is 2.23 bits per heavy atom. The Balaban J connectivity index is 2.60. The highest BCUT2D eigenvalue weighted by atomic mass is 35.5. The quantitative estimate of drug-likeness (QED) is 0.595. The Hall–Kier alpha value is -0.190. The number of hydrogen-bond acceptors (Lipinski definition) is 2. The molecule has 7 heteroatoms. The molecule has 3 nitrogen and oxygen atoms in total. The molecule has 0 amide bonds. The maximum Gasteiger partial charge on any atom is 0.307 e. The Bertz CT molecular complexity index is 511. The van der Waals surface area contributed by atoms with E-state index in [1.165, 1.54) is 6.07 Å². The molecule has 1 aromatic carbocycles. The molecule has 0 bridgehead atoms. The third-order valence-electron chi connectivity index (χ3n) is 3.65. The van der Waals surface area contributed by atoms with Crippen LogP contribution in [0.2, 0.25) is 20.1 Å². The first-order valence-corrected chi connectivity index (χ1v) is 8.53. The number of halogens is 4. The van der Waals surface area contributed by atoms with Crippen molar-refractivity contribution < 1.29 is 9.90 Å². The maximum atomic E-state index is 11.0. The minimum Gasteiger partial charge on any atom is -0.481 e. The summed E-state index contributed by atoms with van der Waals surface area (Å²) < 4.78 is 0. The summed E-state index contributed by atoms with van der Waals surface area (Å²) in [6.45, 7) is 2.17. The average Bonchev–Trinajstić information content (AvgIpc) is 2.46. The normalized spacial score (nSPS) is 13.9. The van der Waals surface area contributed by atoms with Gasteiger partial charge in [0, 0.05) is 6.54 Å². The zero-order chi connectivity index (χ0) is 16.9. The molecule has 2 atom stereocenters. The molecule has 124 valence electrons. The van der Waals surface area contributed by atoms with Crippen LogP contribution in [0.5, 0.6) is 0 Å². The van der Waals surface area contributed by atoms with Crippen molar-refractivity contribution in [2.75, 3.05) is 6.54 Å². The molecule has 0 spiro atoms. The lowest BCUT2D eigenvalue weighted by Gasteiger charge is -2.16.